The molecule has 1 aliphatic heterocycles. The van der Waals surface area contributed by atoms with E-state index in [9.17, 15) is 0 Å². The molecule has 0 bridgehead atoms. The molecule has 1 aliphatic carbocycles. The maximum atomic E-state index is 5.73. The van der Waals surface area contributed by atoms with Gasteiger partial charge in [0.2, 0.25) is 0 Å². The Hall–Kier alpha value is -0.0800. The highest BCUT2D eigenvalue weighted by molar-refractivity contribution is 4.96. The molecule has 2 nitrogen and oxygen atoms in total. The highest BCUT2D eigenvalue weighted by Crippen LogP contribution is 2.36. The molecule has 0 aromatic carbocycles. The largest absolute Gasteiger partial charge is 0.375 e. The second-order valence-electron chi connectivity index (χ2n) is 5.86. The van der Waals surface area contributed by atoms with Gasteiger partial charge in [0.15, 0.2) is 0 Å². The van der Waals surface area contributed by atoms with Gasteiger partial charge in [-0.3, -0.25) is 0 Å². The second kappa shape index (κ2) is 4.42. The average Bonchev–Trinajstić information content (AvgIpc) is 2.82. The molecule has 0 radical (unpaired) electrons. The van der Waals surface area contributed by atoms with E-state index in [-0.39, 0.29) is 5.60 Å². The lowest BCUT2D eigenvalue weighted by atomic mass is 9.94. The number of nitrogens with one attached hydrogen (secondary N) is 1. The molecule has 1 heterocycles. The van der Waals surface area contributed by atoms with Gasteiger partial charge < -0.3 is 10.1 Å². The lowest BCUT2D eigenvalue weighted by molar-refractivity contribution is -0.0632. The first-order chi connectivity index (χ1) is 7.11. The molecule has 3 unspecified atom stereocenters. The minimum atomic E-state index is 0.0884. The van der Waals surface area contributed by atoms with Crippen LogP contribution in [0.5, 0.6) is 0 Å². The minimum Gasteiger partial charge on any atom is -0.375 e. The van der Waals surface area contributed by atoms with E-state index in [1.807, 2.05) is 0 Å². The van der Waals surface area contributed by atoms with Crippen LogP contribution in [0.15, 0.2) is 0 Å². The summed E-state index contributed by atoms with van der Waals surface area (Å²) in [5.41, 5.74) is 0.0884. The fourth-order valence-corrected chi connectivity index (χ4v) is 2.82. The Kier molecular flexibility index (Phi) is 3.36. The topological polar surface area (TPSA) is 21.3 Å². The molecule has 15 heavy (non-hydrogen) atoms. The van der Waals surface area contributed by atoms with Gasteiger partial charge in [0, 0.05) is 18.7 Å². The van der Waals surface area contributed by atoms with Crippen LogP contribution in [0.4, 0.5) is 0 Å². The third-order valence-corrected chi connectivity index (χ3v) is 3.73. The van der Waals surface area contributed by atoms with Crippen molar-refractivity contribution in [1.82, 2.24) is 5.32 Å². The molecule has 0 amide bonds. The molecular weight excluding hydrogens is 186 g/mol. The average molecular weight is 211 g/mol. The molecule has 0 aromatic rings. The van der Waals surface area contributed by atoms with E-state index in [1.54, 1.807) is 0 Å². The molecule has 2 heteroatoms. The monoisotopic (exact) mass is 211 g/mol. The van der Waals surface area contributed by atoms with Crippen molar-refractivity contribution >= 4 is 0 Å². The zero-order chi connectivity index (χ0) is 10.9. The Balaban J connectivity index is 1.72. The quantitative estimate of drug-likeness (QED) is 0.772. The van der Waals surface area contributed by atoms with Crippen molar-refractivity contribution in [3.05, 3.63) is 0 Å². The fraction of sp³-hybridized carbons (Fsp3) is 1.00. The third kappa shape index (κ3) is 3.18. The molecule has 88 valence electrons. The first-order valence-electron chi connectivity index (χ1n) is 6.51. The second-order valence-corrected chi connectivity index (χ2v) is 5.86. The summed E-state index contributed by atoms with van der Waals surface area (Å²) in [6.07, 6.45) is 6.51. The molecule has 1 saturated carbocycles. The Morgan fingerprint density at radius 1 is 1.40 bits per heavy atom. The predicted octanol–water partition coefficient (Wildman–Crippen LogP) is 2.72. The molecule has 2 fully saturated rings. The van der Waals surface area contributed by atoms with Crippen LogP contribution in [0.1, 0.15) is 52.9 Å². The van der Waals surface area contributed by atoms with Gasteiger partial charge in [0.05, 0.1) is 5.60 Å². The maximum Gasteiger partial charge on any atom is 0.0641 e. The molecule has 2 rings (SSSR count). The number of rotatable bonds is 4. The van der Waals surface area contributed by atoms with Crippen molar-refractivity contribution in [1.29, 1.82) is 0 Å². The Morgan fingerprint density at radius 3 is 2.87 bits per heavy atom. The molecule has 1 N–H and O–H groups in total. The Morgan fingerprint density at radius 2 is 2.20 bits per heavy atom. The van der Waals surface area contributed by atoms with Gasteiger partial charge in [-0.05, 0) is 45.4 Å². The van der Waals surface area contributed by atoms with Crippen LogP contribution in [-0.4, -0.2) is 24.3 Å². The van der Waals surface area contributed by atoms with E-state index in [1.165, 1.54) is 32.1 Å². The zero-order valence-electron chi connectivity index (χ0n) is 10.4. The Labute approximate surface area is 93.8 Å². The summed E-state index contributed by atoms with van der Waals surface area (Å²) in [6, 6.07) is 1.52. The summed E-state index contributed by atoms with van der Waals surface area (Å²) in [4.78, 5) is 0. The molecule has 1 saturated heterocycles. The van der Waals surface area contributed by atoms with Crippen LogP contribution < -0.4 is 5.32 Å². The van der Waals surface area contributed by atoms with Gasteiger partial charge in [-0.2, -0.15) is 0 Å². The molecule has 2 aliphatic rings. The minimum absolute atomic E-state index is 0.0884. The summed E-state index contributed by atoms with van der Waals surface area (Å²) >= 11 is 0. The smallest absolute Gasteiger partial charge is 0.0641 e. The van der Waals surface area contributed by atoms with Crippen molar-refractivity contribution in [2.75, 3.05) is 6.61 Å². The zero-order valence-corrected chi connectivity index (χ0v) is 10.4. The lowest BCUT2D eigenvalue weighted by Crippen LogP contribution is -2.44. The van der Waals surface area contributed by atoms with Gasteiger partial charge in [-0.1, -0.05) is 13.3 Å². The number of hydrogen-bond acceptors (Lipinski definition) is 2. The van der Waals surface area contributed by atoms with Crippen LogP contribution in [0.2, 0.25) is 0 Å². The van der Waals surface area contributed by atoms with Crippen molar-refractivity contribution in [3.8, 4) is 0 Å². The summed E-state index contributed by atoms with van der Waals surface area (Å²) in [5.74, 6) is 0.973. The SMILES string of the molecule is CCCC1CC1NC1CCOC(C)(C)C1. The van der Waals surface area contributed by atoms with Gasteiger partial charge >= 0.3 is 0 Å². The van der Waals surface area contributed by atoms with Gasteiger partial charge in [-0.15, -0.1) is 0 Å². The van der Waals surface area contributed by atoms with Crippen LogP contribution in [0, 0.1) is 5.92 Å². The highest BCUT2D eigenvalue weighted by Gasteiger charge is 2.39. The summed E-state index contributed by atoms with van der Waals surface area (Å²) < 4.78 is 5.73. The Bertz CT molecular complexity index is 215. The lowest BCUT2D eigenvalue weighted by Gasteiger charge is -2.36. The summed E-state index contributed by atoms with van der Waals surface area (Å²) in [7, 11) is 0. The first kappa shape index (κ1) is 11.4. The van der Waals surface area contributed by atoms with Gasteiger partial charge in [-0.25, -0.2) is 0 Å². The van der Waals surface area contributed by atoms with Crippen molar-refractivity contribution in [2.45, 2.75) is 70.6 Å². The van der Waals surface area contributed by atoms with Crippen LogP contribution >= 0.6 is 0 Å². The van der Waals surface area contributed by atoms with Crippen molar-refractivity contribution < 1.29 is 4.74 Å². The number of ether oxygens (including phenoxy) is 1. The van der Waals surface area contributed by atoms with E-state index in [4.69, 9.17) is 4.74 Å². The van der Waals surface area contributed by atoms with E-state index in [2.05, 4.69) is 26.1 Å². The van der Waals surface area contributed by atoms with Gasteiger partial charge in [0.1, 0.15) is 0 Å². The van der Waals surface area contributed by atoms with E-state index in [0.717, 1.165) is 18.6 Å². The summed E-state index contributed by atoms with van der Waals surface area (Å²) in [6.45, 7) is 7.62. The normalized spacial score (nSPS) is 39.0. The first-order valence-corrected chi connectivity index (χ1v) is 6.51. The maximum absolute atomic E-state index is 5.73. The van der Waals surface area contributed by atoms with E-state index < -0.39 is 0 Å². The molecule has 3 atom stereocenters. The predicted molar refractivity (Wildman–Crippen MR) is 63.0 cm³/mol. The van der Waals surface area contributed by atoms with E-state index in [0.29, 0.717) is 6.04 Å². The molecule has 0 spiro atoms. The van der Waals surface area contributed by atoms with Crippen LogP contribution in [0.25, 0.3) is 0 Å². The van der Waals surface area contributed by atoms with Crippen molar-refractivity contribution in [3.63, 3.8) is 0 Å². The molecule has 0 aromatic heterocycles. The van der Waals surface area contributed by atoms with Crippen molar-refractivity contribution in [2.24, 2.45) is 5.92 Å². The van der Waals surface area contributed by atoms with E-state index >= 15 is 0 Å². The standard InChI is InChI=1S/C13H25NO/c1-4-5-10-8-12(10)14-11-6-7-15-13(2,3)9-11/h10-12,14H,4-9H2,1-3H3. The van der Waals surface area contributed by atoms with Crippen LogP contribution in [-0.2, 0) is 4.74 Å². The fourth-order valence-electron chi connectivity index (χ4n) is 2.82. The summed E-state index contributed by atoms with van der Waals surface area (Å²) in [5, 5.41) is 3.80. The van der Waals surface area contributed by atoms with Gasteiger partial charge in [0.25, 0.3) is 0 Å². The number of hydrogen-bond donors (Lipinski definition) is 1. The highest BCUT2D eigenvalue weighted by atomic mass is 16.5. The van der Waals surface area contributed by atoms with Crippen LogP contribution in [0.3, 0.4) is 0 Å². The molecular formula is C13H25NO. The third-order valence-electron chi connectivity index (χ3n) is 3.73.